The van der Waals surface area contributed by atoms with Gasteiger partial charge in [0.15, 0.2) is 5.82 Å². The van der Waals surface area contributed by atoms with Crippen LogP contribution in [0.4, 0.5) is 0 Å². The maximum Gasteiger partial charge on any atom is 0.234 e. The van der Waals surface area contributed by atoms with E-state index in [4.69, 9.17) is 9.26 Å². The van der Waals surface area contributed by atoms with Crippen LogP contribution in [0.15, 0.2) is 34.9 Å². The third-order valence-corrected chi connectivity index (χ3v) is 4.91. The second-order valence-electron chi connectivity index (χ2n) is 7.04. The molecule has 1 unspecified atom stereocenters. The smallest absolute Gasteiger partial charge is 0.234 e. The highest BCUT2D eigenvalue weighted by atomic mass is 16.5. The molecule has 1 aromatic carbocycles. The number of carbonyl (C=O) groups excluding carboxylic acids is 1. The maximum absolute atomic E-state index is 12.0. The molecule has 7 nitrogen and oxygen atoms in total. The standard InChI is InChI=1S/C19H24N4O3/c24-18(20-10-16-7-4-8-25-16)13-23-11-15(12-23)19-21-17(22-26-19)9-14-5-2-1-3-6-14/h1-3,5-6,15-16H,4,7-13H2,(H,20,24). The normalized spacial score (nSPS) is 20.8. The van der Waals surface area contributed by atoms with Crippen LogP contribution in [0.3, 0.4) is 0 Å². The molecule has 0 saturated carbocycles. The average molecular weight is 356 g/mol. The van der Waals surface area contributed by atoms with Gasteiger partial charge in [-0.25, -0.2) is 0 Å². The summed E-state index contributed by atoms with van der Waals surface area (Å²) in [5.41, 5.74) is 1.16. The van der Waals surface area contributed by atoms with E-state index in [0.29, 0.717) is 31.2 Å². The molecular formula is C19H24N4O3. The molecule has 0 bridgehead atoms. The van der Waals surface area contributed by atoms with Gasteiger partial charge in [-0.3, -0.25) is 9.69 Å². The number of carbonyl (C=O) groups is 1. The van der Waals surface area contributed by atoms with E-state index in [1.165, 1.54) is 0 Å². The molecule has 26 heavy (non-hydrogen) atoms. The van der Waals surface area contributed by atoms with E-state index >= 15 is 0 Å². The Morgan fingerprint density at radius 1 is 1.27 bits per heavy atom. The van der Waals surface area contributed by atoms with Crippen LogP contribution in [-0.2, 0) is 16.0 Å². The molecule has 2 saturated heterocycles. The highest BCUT2D eigenvalue weighted by Gasteiger charge is 2.33. The van der Waals surface area contributed by atoms with E-state index in [1.54, 1.807) is 0 Å². The molecule has 1 amide bonds. The topological polar surface area (TPSA) is 80.5 Å². The van der Waals surface area contributed by atoms with Crippen molar-refractivity contribution in [3.8, 4) is 0 Å². The maximum atomic E-state index is 12.0. The molecule has 0 spiro atoms. The van der Waals surface area contributed by atoms with Crippen LogP contribution < -0.4 is 5.32 Å². The predicted octanol–water partition coefficient (Wildman–Crippen LogP) is 1.35. The Labute approximate surface area is 152 Å². The Morgan fingerprint density at radius 3 is 2.88 bits per heavy atom. The second-order valence-corrected chi connectivity index (χ2v) is 7.04. The molecule has 2 fully saturated rings. The number of ether oxygens (including phenoxy) is 1. The van der Waals surface area contributed by atoms with Gasteiger partial charge in [-0.1, -0.05) is 35.5 Å². The van der Waals surface area contributed by atoms with Crippen molar-refractivity contribution in [3.05, 3.63) is 47.6 Å². The minimum atomic E-state index is 0.0502. The summed E-state index contributed by atoms with van der Waals surface area (Å²) < 4.78 is 10.9. The van der Waals surface area contributed by atoms with Crippen LogP contribution in [0.5, 0.6) is 0 Å². The molecule has 138 valence electrons. The van der Waals surface area contributed by atoms with Gasteiger partial charge < -0.3 is 14.6 Å². The summed E-state index contributed by atoms with van der Waals surface area (Å²) in [4.78, 5) is 18.6. The van der Waals surface area contributed by atoms with Crippen molar-refractivity contribution in [2.45, 2.75) is 31.3 Å². The lowest BCUT2D eigenvalue weighted by atomic mass is 10.0. The van der Waals surface area contributed by atoms with E-state index in [0.717, 1.165) is 38.1 Å². The number of likely N-dealkylation sites (tertiary alicyclic amines) is 1. The molecule has 1 N–H and O–H groups in total. The number of benzene rings is 1. The SMILES string of the molecule is O=C(CN1CC(c2nc(Cc3ccccc3)no2)C1)NCC1CCCO1. The Morgan fingerprint density at radius 2 is 2.12 bits per heavy atom. The highest BCUT2D eigenvalue weighted by molar-refractivity contribution is 5.78. The van der Waals surface area contributed by atoms with Gasteiger partial charge in [0.05, 0.1) is 18.6 Å². The summed E-state index contributed by atoms with van der Waals surface area (Å²) in [6, 6.07) is 10.1. The number of amides is 1. The Kier molecular flexibility index (Phi) is 5.26. The van der Waals surface area contributed by atoms with Gasteiger partial charge in [-0.2, -0.15) is 4.98 Å². The van der Waals surface area contributed by atoms with Crippen molar-refractivity contribution in [1.29, 1.82) is 0 Å². The quantitative estimate of drug-likeness (QED) is 0.807. The van der Waals surface area contributed by atoms with Gasteiger partial charge in [-0.05, 0) is 18.4 Å². The van der Waals surface area contributed by atoms with Crippen molar-refractivity contribution < 1.29 is 14.1 Å². The lowest BCUT2D eigenvalue weighted by Crippen LogP contribution is -2.50. The van der Waals surface area contributed by atoms with Gasteiger partial charge in [0.2, 0.25) is 11.8 Å². The second kappa shape index (κ2) is 7.97. The molecule has 2 aliphatic heterocycles. The lowest BCUT2D eigenvalue weighted by molar-refractivity contribution is -0.123. The van der Waals surface area contributed by atoms with E-state index in [9.17, 15) is 4.79 Å². The molecular weight excluding hydrogens is 332 g/mol. The first-order chi connectivity index (χ1) is 12.8. The molecule has 7 heteroatoms. The number of aromatic nitrogens is 2. The minimum absolute atomic E-state index is 0.0502. The largest absolute Gasteiger partial charge is 0.376 e. The Hall–Kier alpha value is -2.25. The zero-order valence-electron chi connectivity index (χ0n) is 14.8. The first kappa shape index (κ1) is 17.2. The van der Waals surface area contributed by atoms with E-state index < -0.39 is 0 Å². The van der Waals surface area contributed by atoms with Crippen LogP contribution in [0.25, 0.3) is 0 Å². The number of nitrogens with one attached hydrogen (secondary N) is 1. The monoisotopic (exact) mass is 356 g/mol. The fourth-order valence-corrected chi connectivity index (χ4v) is 3.43. The average Bonchev–Trinajstić information content (AvgIpc) is 3.29. The first-order valence-electron chi connectivity index (χ1n) is 9.23. The molecule has 2 aromatic rings. The van der Waals surface area contributed by atoms with Crippen molar-refractivity contribution in [3.63, 3.8) is 0 Å². The number of hydrogen-bond acceptors (Lipinski definition) is 6. The molecule has 1 atom stereocenters. The zero-order chi connectivity index (χ0) is 17.8. The van der Waals surface area contributed by atoms with Gasteiger partial charge in [0.1, 0.15) is 0 Å². The fourth-order valence-electron chi connectivity index (χ4n) is 3.43. The minimum Gasteiger partial charge on any atom is -0.376 e. The van der Waals surface area contributed by atoms with Gasteiger partial charge in [-0.15, -0.1) is 0 Å². The van der Waals surface area contributed by atoms with E-state index in [-0.39, 0.29) is 17.9 Å². The Bertz CT molecular complexity index is 721. The third kappa shape index (κ3) is 4.28. The van der Waals surface area contributed by atoms with Crippen molar-refractivity contribution in [2.24, 2.45) is 0 Å². The Balaban J connectivity index is 1.19. The third-order valence-electron chi connectivity index (χ3n) is 4.91. The number of hydrogen-bond donors (Lipinski definition) is 1. The highest BCUT2D eigenvalue weighted by Crippen LogP contribution is 2.25. The fraction of sp³-hybridized carbons (Fsp3) is 0.526. The number of nitrogens with zero attached hydrogens (tertiary/aromatic N) is 3. The first-order valence-corrected chi connectivity index (χ1v) is 9.23. The number of rotatable bonds is 7. The van der Waals surface area contributed by atoms with Crippen LogP contribution in [-0.4, -0.2) is 59.8 Å². The molecule has 4 rings (SSSR count). The van der Waals surface area contributed by atoms with Gasteiger partial charge in [0, 0.05) is 32.7 Å². The lowest BCUT2D eigenvalue weighted by Gasteiger charge is -2.36. The summed E-state index contributed by atoms with van der Waals surface area (Å²) in [6.45, 7) is 3.39. The van der Waals surface area contributed by atoms with Crippen LogP contribution in [0.2, 0.25) is 0 Å². The van der Waals surface area contributed by atoms with E-state index in [2.05, 4.69) is 32.5 Å². The zero-order valence-corrected chi connectivity index (χ0v) is 14.8. The summed E-state index contributed by atoms with van der Waals surface area (Å²) in [5.74, 6) is 1.65. The summed E-state index contributed by atoms with van der Waals surface area (Å²) in [5, 5.41) is 7.03. The molecule has 1 aromatic heterocycles. The van der Waals surface area contributed by atoms with Crippen molar-refractivity contribution in [2.75, 3.05) is 32.8 Å². The van der Waals surface area contributed by atoms with Crippen LogP contribution >= 0.6 is 0 Å². The van der Waals surface area contributed by atoms with Gasteiger partial charge in [0.25, 0.3) is 0 Å². The van der Waals surface area contributed by atoms with Crippen LogP contribution in [0.1, 0.15) is 36.0 Å². The van der Waals surface area contributed by atoms with E-state index in [1.807, 2.05) is 18.2 Å². The van der Waals surface area contributed by atoms with Crippen LogP contribution in [0, 0.1) is 0 Å². The molecule has 3 heterocycles. The molecule has 0 radical (unpaired) electrons. The predicted molar refractivity (Wildman–Crippen MR) is 94.7 cm³/mol. The molecule has 2 aliphatic rings. The summed E-state index contributed by atoms with van der Waals surface area (Å²) in [7, 11) is 0. The summed E-state index contributed by atoms with van der Waals surface area (Å²) >= 11 is 0. The van der Waals surface area contributed by atoms with Gasteiger partial charge >= 0.3 is 0 Å². The molecule has 0 aliphatic carbocycles. The summed E-state index contributed by atoms with van der Waals surface area (Å²) in [6.07, 6.45) is 2.98. The van der Waals surface area contributed by atoms with Crippen molar-refractivity contribution in [1.82, 2.24) is 20.4 Å². The van der Waals surface area contributed by atoms with Crippen molar-refractivity contribution >= 4 is 5.91 Å².